The Morgan fingerprint density at radius 3 is 2.74 bits per heavy atom. The smallest absolute Gasteiger partial charge is 0.193 e. The van der Waals surface area contributed by atoms with E-state index in [1.54, 1.807) is 11.3 Å². The summed E-state index contributed by atoms with van der Waals surface area (Å²) in [6.07, 6.45) is 8.59. The van der Waals surface area contributed by atoms with Crippen LogP contribution in [-0.2, 0) is 6.54 Å². The van der Waals surface area contributed by atoms with Gasteiger partial charge in [-0.1, -0.05) is 42.0 Å². The van der Waals surface area contributed by atoms with E-state index in [-0.39, 0.29) is 24.0 Å². The van der Waals surface area contributed by atoms with E-state index in [1.807, 2.05) is 18.6 Å². The van der Waals surface area contributed by atoms with E-state index < -0.39 is 0 Å². The van der Waals surface area contributed by atoms with Crippen LogP contribution >= 0.6 is 35.3 Å². The molecule has 0 unspecified atom stereocenters. The highest BCUT2D eigenvalue weighted by Gasteiger charge is 2.17. The minimum absolute atomic E-state index is 0. The van der Waals surface area contributed by atoms with Crippen molar-refractivity contribution in [1.29, 1.82) is 0 Å². The molecule has 27 heavy (non-hydrogen) atoms. The van der Waals surface area contributed by atoms with Crippen LogP contribution in [0.4, 0.5) is 0 Å². The van der Waals surface area contributed by atoms with Gasteiger partial charge in [0.2, 0.25) is 0 Å². The number of fused-ring (bicyclic) bond motifs is 1. The first-order valence-corrected chi connectivity index (χ1v) is 9.81. The highest BCUT2D eigenvalue weighted by molar-refractivity contribution is 14.0. The number of hydrogen-bond donors (Lipinski definition) is 1. The molecule has 1 aliphatic heterocycles. The maximum atomic E-state index is 4.62. The fourth-order valence-corrected chi connectivity index (χ4v) is 4.02. The van der Waals surface area contributed by atoms with Crippen molar-refractivity contribution in [3.8, 4) is 0 Å². The molecule has 4 rings (SSSR count). The number of hydrogen-bond acceptors (Lipinski definition) is 3. The summed E-state index contributed by atoms with van der Waals surface area (Å²) in [5, 5.41) is 5.50. The molecule has 0 bridgehead atoms. The second kappa shape index (κ2) is 9.36. The average molecular weight is 493 g/mol. The lowest BCUT2D eigenvalue weighted by atomic mass is 10.0. The Morgan fingerprint density at radius 1 is 1.26 bits per heavy atom. The van der Waals surface area contributed by atoms with Crippen molar-refractivity contribution in [2.24, 2.45) is 4.99 Å². The summed E-state index contributed by atoms with van der Waals surface area (Å²) in [6.45, 7) is 2.69. The predicted octanol–water partition coefficient (Wildman–Crippen LogP) is 4.27. The quantitative estimate of drug-likeness (QED) is 0.337. The lowest BCUT2D eigenvalue weighted by Crippen LogP contribution is -2.44. The topological polar surface area (TPSA) is 44.9 Å². The molecule has 1 aliphatic rings. The number of piperidine rings is 1. The Balaban J connectivity index is 0.00000210. The van der Waals surface area contributed by atoms with Crippen molar-refractivity contribution in [1.82, 2.24) is 19.6 Å². The van der Waals surface area contributed by atoms with Gasteiger partial charge in [0, 0.05) is 37.9 Å². The Kier molecular flexibility index (Phi) is 6.89. The molecule has 0 amide bonds. The number of guanidine groups is 1. The van der Waals surface area contributed by atoms with E-state index >= 15 is 0 Å². The highest BCUT2D eigenvalue weighted by Crippen LogP contribution is 2.19. The summed E-state index contributed by atoms with van der Waals surface area (Å²) in [7, 11) is 1.85. The zero-order valence-corrected chi connectivity index (χ0v) is 18.5. The summed E-state index contributed by atoms with van der Waals surface area (Å²) >= 11 is 1.65. The molecule has 0 atom stereocenters. The molecule has 0 spiro atoms. The van der Waals surface area contributed by atoms with Crippen molar-refractivity contribution in [3.05, 3.63) is 64.9 Å². The molecule has 1 N–H and O–H groups in total. The van der Waals surface area contributed by atoms with E-state index in [1.165, 1.54) is 11.1 Å². The number of nitrogens with zero attached hydrogens (tertiary/aromatic N) is 4. The maximum absolute atomic E-state index is 4.62. The van der Waals surface area contributed by atoms with E-state index in [2.05, 4.69) is 67.2 Å². The van der Waals surface area contributed by atoms with Crippen molar-refractivity contribution in [3.63, 3.8) is 0 Å². The molecule has 7 heteroatoms. The Labute approximate surface area is 180 Å². The summed E-state index contributed by atoms with van der Waals surface area (Å²) in [5.41, 5.74) is 3.84. The first-order chi connectivity index (χ1) is 12.8. The first kappa shape index (κ1) is 19.9. The number of nitrogens with one attached hydrogen (secondary N) is 1. The van der Waals surface area contributed by atoms with Gasteiger partial charge in [-0.05, 0) is 18.4 Å². The Morgan fingerprint density at radius 2 is 2.04 bits per heavy atom. The third kappa shape index (κ3) is 4.90. The molecule has 0 aliphatic carbocycles. The van der Waals surface area contributed by atoms with Gasteiger partial charge in [-0.3, -0.25) is 9.39 Å². The average Bonchev–Trinajstić information content (AvgIpc) is 3.26. The van der Waals surface area contributed by atoms with E-state index in [4.69, 9.17) is 0 Å². The third-order valence-electron chi connectivity index (χ3n) is 4.66. The van der Waals surface area contributed by atoms with Crippen LogP contribution in [-0.4, -0.2) is 40.4 Å². The second-order valence-corrected chi connectivity index (χ2v) is 7.30. The Bertz CT molecular complexity index is 890. The predicted molar refractivity (Wildman–Crippen MR) is 124 cm³/mol. The second-order valence-electron chi connectivity index (χ2n) is 6.43. The lowest BCUT2D eigenvalue weighted by Gasteiger charge is -2.31. The molecule has 3 heterocycles. The third-order valence-corrected chi connectivity index (χ3v) is 5.43. The number of aromatic nitrogens is 2. The number of halogens is 1. The van der Waals surface area contributed by atoms with Crippen molar-refractivity contribution in [2.45, 2.75) is 19.4 Å². The monoisotopic (exact) mass is 493 g/mol. The van der Waals surface area contributed by atoms with Gasteiger partial charge in [0.25, 0.3) is 0 Å². The normalized spacial score (nSPS) is 14.9. The number of rotatable bonds is 3. The van der Waals surface area contributed by atoms with Gasteiger partial charge in [0.05, 0.1) is 12.2 Å². The van der Waals surface area contributed by atoms with Gasteiger partial charge >= 0.3 is 0 Å². The molecule has 1 aromatic carbocycles. The highest BCUT2D eigenvalue weighted by atomic mass is 127. The van der Waals surface area contributed by atoms with Gasteiger partial charge in [0.1, 0.15) is 0 Å². The van der Waals surface area contributed by atoms with Crippen LogP contribution in [0.2, 0.25) is 0 Å². The Hall–Kier alpha value is -1.87. The van der Waals surface area contributed by atoms with Crippen LogP contribution in [0, 0.1) is 0 Å². The van der Waals surface area contributed by atoms with Gasteiger partial charge in [-0.25, -0.2) is 4.98 Å². The fraction of sp³-hybridized carbons (Fsp3) is 0.300. The minimum Gasteiger partial charge on any atom is -0.351 e. The number of benzene rings is 1. The van der Waals surface area contributed by atoms with Crippen LogP contribution in [0.5, 0.6) is 0 Å². The molecule has 2 aromatic heterocycles. The summed E-state index contributed by atoms with van der Waals surface area (Å²) < 4.78 is 2.06. The zero-order chi connectivity index (χ0) is 17.8. The van der Waals surface area contributed by atoms with Crippen LogP contribution in [0.25, 0.3) is 11.0 Å². The van der Waals surface area contributed by atoms with E-state index in [9.17, 15) is 0 Å². The maximum Gasteiger partial charge on any atom is 0.193 e. The summed E-state index contributed by atoms with van der Waals surface area (Å²) in [6, 6.07) is 10.6. The molecular formula is C20H24IN5S. The number of thiazole rings is 1. The van der Waals surface area contributed by atoms with Crippen LogP contribution < -0.4 is 5.32 Å². The van der Waals surface area contributed by atoms with Gasteiger partial charge in [-0.2, -0.15) is 0 Å². The molecule has 5 nitrogen and oxygen atoms in total. The fourth-order valence-electron chi connectivity index (χ4n) is 3.30. The molecule has 1 fully saturated rings. The zero-order valence-electron chi connectivity index (χ0n) is 15.3. The van der Waals surface area contributed by atoms with Gasteiger partial charge in [-0.15, -0.1) is 35.3 Å². The summed E-state index contributed by atoms with van der Waals surface area (Å²) in [5.74, 6) is 0.958. The number of aliphatic imine (C=N–C) groups is 1. The summed E-state index contributed by atoms with van der Waals surface area (Å²) in [4.78, 5) is 12.4. The van der Waals surface area contributed by atoms with Crippen molar-refractivity contribution >= 4 is 52.3 Å². The largest absolute Gasteiger partial charge is 0.351 e. The van der Waals surface area contributed by atoms with Crippen molar-refractivity contribution in [2.75, 3.05) is 20.1 Å². The van der Waals surface area contributed by atoms with E-state index in [0.717, 1.165) is 42.5 Å². The van der Waals surface area contributed by atoms with Gasteiger partial charge in [0.15, 0.2) is 10.9 Å². The van der Waals surface area contributed by atoms with E-state index in [0.29, 0.717) is 6.54 Å². The molecular weight excluding hydrogens is 469 g/mol. The van der Waals surface area contributed by atoms with Crippen LogP contribution in [0.15, 0.2) is 58.7 Å². The van der Waals surface area contributed by atoms with Crippen LogP contribution in [0.3, 0.4) is 0 Å². The molecule has 3 aromatic rings. The van der Waals surface area contributed by atoms with Gasteiger partial charge < -0.3 is 10.2 Å². The lowest BCUT2D eigenvalue weighted by molar-refractivity contribution is 0.375. The molecule has 0 radical (unpaired) electrons. The number of likely N-dealkylation sites (tertiary alicyclic amines) is 1. The molecule has 1 saturated heterocycles. The molecule has 142 valence electrons. The van der Waals surface area contributed by atoms with Crippen molar-refractivity contribution < 1.29 is 0 Å². The van der Waals surface area contributed by atoms with Crippen LogP contribution in [0.1, 0.15) is 24.1 Å². The number of imidazole rings is 1. The first-order valence-electron chi connectivity index (χ1n) is 8.93. The minimum atomic E-state index is 0. The standard InChI is InChI=1S/C20H23N5S.HI/c1-21-19(22-14-18-15-25-11-12-26-20(25)23-18)24-9-7-17(8-10-24)13-16-5-3-2-4-6-16;/h2-6,11-13,15H,7-10,14H2,1H3,(H,21,22);1H. The molecule has 0 saturated carbocycles. The SMILES string of the molecule is CN=C(NCc1cn2ccsc2n1)N1CCC(=Cc2ccccc2)CC1.I.